The zero-order valence-corrected chi connectivity index (χ0v) is 11.5. The molecular formula is C13H18O4S. The Hall–Kier alpha value is -1.04. The first-order valence-electron chi connectivity index (χ1n) is 5.66. The third-order valence-corrected chi connectivity index (χ3v) is 3.42. The van der Waals surface area contributed by atoms with Crippen LogP contribution in [0.2, 0.25) is 0 Å². The van der Waals surface area contributed by atoms with Gasteiger partial charge >= 0.3 is 5.97 Å². The van der Waals surface area contributed by atoms with E-state index >= 15 is 0 Å². The van der Waals surface area contributed by atoms with E-state index in [0.29, 0.717) is 5.56 Å². The molecule has 0 aromatic heterocycles. The minimum absolute atomic E-state index is 0.536. The highest BCUT2D eigenvalue weighted by atomic mass is 32.2. The monoisotopic (exact) mass is 270 g/mol. The molecule has 1 rings (SSSR count). The summed E-state index contributed by atoms with van der Waals surface area (Å²) in [6.07, 6.45) is -0.343. The lowest BCUT2D eigenvalue weighted by Gasteiger charge is -2.21. The second-order valence-corrected chi connectivity index (χ2v) is 4.95. The molecule has 0 aliphatic rings. The van der Waals surface area contributed by atoms with Crippen molar-refractivity contribution in [3.63, 3.8) is 0 Å². The van der Waals surface area contributed by atoms with Crippen molar-refractivity contribution in [3.05, 3.63) is 29.8 Å². The van der Waals surface area contributed by atoms with Gasteiger partial charge in [-0.3, -0.25) is 0 Å². The van der Waals surface area contributed by atoms with E-state index in [1.54, 1.807) is 37.7 Å². The number of aliphatic carboxylic acids is 1. The summed E-state index contributed by atoms with van der Waals surface area (Å²) in [4.78, 5) is 12.3. The zero-order valence-electron chi connectivity index (χ0n) is 10.7. The zero-order chi connectivity index (χ0) is 13.7. The van der Waals surface area contributed by atoms with Crippen LogP contribution in [0.4, 0.5) is 0 Å². The number of carbonyl (C=O) groups is 1. The third-order valence-electron chi connectivity index (χ3n) is 2.67. The first-order valence-corrected chi connectivity index (χ1v) is 6.88. The van der Waals surface area contributed by atoms with Gasteiger partial charge in [0, 0.05) is 4.90 Å². The molecular weight excluding hydrogens is 252 g/mol. The van der Waals surface area contributed by atoms with Gasteiger partial charge in [-0.15, -0.1) is 11.8 Å². The summed E-state index contributed by atoms with van der Waals surface area (Å²) in [5.41, 5.74) is 0.577. The largest absolute Gasteiger partial charge is 0.479 e. The van der Waals surface area contributed by atoms with Gasteiger partial charge in [-0.25, -0.2) is 4.79 Å². The smallest absolute Gasteiger partial charge is 0.337 e. The summed E-state index contributed by atoms with van der Waals surface area (Å²) in [6.45, 7) is 3.22. The number of thioether (sulfide) groups is 1. The standard InChI is InChI=1S/C13H18O4S/c1-8(14)9(2)17-12(13(15)16)10-4-6-11(18-3)7-5-10/h4-9,12,14H,1-3H3,(H,15,16). The normalized spacial score (nSPS) is 16.0. The third kappa shape index (κ3) is 4.01. The number of benzene rings is 1. The van der Waals surface area contributed by atoms with Crippen molar-refractivity contribution < 1.29 is 19.7 Å². The first-order chi connectivity index (χ1) is 8.45. The SMILES string of the molecule is CSc1ccc(C(OC(C)C(C)O)C(=O)O)cc1. The Morgan fingerprint density at radius 3 is 2.22 bits per heavy atom. The molecule has 0 heterocycles. The number of aliphatic hydroxyl groups is 1. The average Bonchev–Trinajstić information content (AvgIpc) is 2.35. The minimum Gasteiger partial charge on any atom is -0.479 e. The Morgan fingerprint density at radius 2 is 1.83 bits per heavy atom. The molecule has 5 heteroatoms. The Labute approximate surface area is 111 Å². The molecule has 1 aromatic carbocycles. The number of carboxylic acid groups (broad SMARTS) is 1. The second-order valence-electron chi connectivity index (χ2n) is 4.07. The van der Waals surface area contributed by atoms with Crippen LogP contribution in [0.3, 0.4) is 0 Å². The highest BCUT2D eigenvalue weighted by molar-refractivity contribution is 7.98. The summed E-state index contributed by atoms with van der Waals surface area (Å²) >= 11 is 1.59. The van der Waals surface area contributed by atoms with Crippen molar-refractivity contribution >= 4 is 17.7 Å². The topological polar surface area (TPSA) is 66.8 Å². The maximum absolute atomic E-state index is 11.2. The van der Waals surface area contributed by atoms with E-state index < -0.39 is 24.3 Å². The van der Waals surface area contributed by atoms with Crippen molar-refractivity contribution in [3.8, 4) is 0 Å². The molecule has 2 N–H and O–H groups in total. The predicted octanol–water partition coefficient (Wildman–Crippen LogP) is 2.32. The summed E-state index contributed by atoms with van der Waals surface area (Å²) in [7, 11) is 0. The number of ether oxygens (including phenoxy) is 1. The molecule has 1 aromatic rings. The number of hydrogen-bond acceptors (Lipinski definition) is 4. The van der Waals surface area contributed by atoms with Gasteiger partial charge in [0.05, 0.1) is 12.2 Å². The Morgan fingerprint density at radius 1 is 1.28 bits per heavy atom. The van der Waals surface area contributed by atoms with Crippen molar-refractivity contribution in [2.45, 2.75) is 37.1 Å². The van der Waals surface area contributed by atoms with Crippen LogP contribution in [-0.2, 0) is 9.53 Å². The van der Waals surface area contributed by atoms with Gasteiger partial charge in [-0.2, -0.15) is 0 Å². The Kier molecular flexibility index (Phi) is 5.65. The fraction of sp³-hybridized carbons (Fsp3) is 0.462. The molecule has 0 amide bonds. The van der Waals surface area contributed by atoms with E-state index in [2.05, 4.69) is 0 Å². The van der Waals surface area contributed by atoms with Crippen LogP contribution in [0.25, 0.3) is 0 Å². The van der Waals surface area contributed by atoms with Crippen LogP contribution in [0.5, 0.6) is 0 Å². The molecule has 4 nitrogen and oxygen atoms in total. The maximum atomic E-state index is 11.2. The number of aliphatic hydroxyl groups excluding tert-OH is 1. The molecule has 100 valence electrons. The fourth-order valence-electron chi connectivity index (χ4n) is 1.39. The van der Waals surface area contributed by atoms with Crippen LogP contribution in [-0.4, -0.2) is 34.6 Å². The molecule has 0 aliphatic heterocycles. The van der Waals surface area contributed by atoms with Gasteiger partial charge in [0.1, 0.15) is 0 Å². The lowest BCUT2D eigenvalue weighted by molar-refractivity contribution is -0.158. The van der Waals surface area contributed by atoms with Crippen molar-refractivity contribution in [1.29, 1.82) is 0 Å². The summed E-state index contributed by atoms with van der Waals surface area (Å²) < 4.78 is 5.38. The van der Waals surface area contributed by atoms with Crippen molar-refractivity contribution in [1.82, 2.24) is 0 Å². The minimum atomic E-state index is -1.06. The van der Waals surface area contributed by atoms with E-state index in [4.69, 9.17) is 4.74 Å². The Bertz CT molecular complexity index is 388. The molecule has 0 bridgehead atoms. The van der Waals surface area contributed by atoms with E-state index in [0.717, 1.165) is 4.90 Å². The van der Waals surface area contributed by atoms with Gasteiger partial charge in [0.25, 0.3) is 0 Å². The van der Waals surface area contributed by atoms with Gasteiger partial charge in [-0.1, -0.05) is 12.1 Å². The summed E-state index contributed by atoms with van der Waals surface area (Å²) in [6, 6.07) is 7.18. The maximum Gasteiger partial charge on any atom is 0.337 e. The number of hydrogen-bond donors (Lipinski definition) is 2. The number of rotatable bonds is 6. The van der Waals surface area contributed by atoms with Crippen LogP contribution in [0.1, 0.15) is 25.5 Å². The molecule has 0 saturated heterocycles. The van der Waals surface area contributed by atoms with Crippen molar-refractivity contribution in [2.75, 3.05) is 6.26 Å². The van der Waals surface area contributed by atoms with Crippen LogP contribution in [0, 0.1) is 0 Å². The lowest BCUT2D eigenvalue weighted by Crippen LogP contribution is -2.28. The van der Waals surface area contributed by atoms with Gasteiger partial charge < -0.3 is 14.9 Å². The molecule has 0 radical (unpaired) electrons. The fourth-order valence-corrected chi connectivity index (χ4v) is 1.79. The molecule has 3 unspecified atom stereocenters. The summed E-state index contributed by atoms with van der Waals surface area (Å²) in [5, 5.41) is 18.5. The highest BCUT2D eigenvalue weighted by Crippen LogP contribution is 2.23. The molecule has 0 fully saturated rings. The van der Waals surface area contributed by atoms with E-state index in [-0.39, 0.29) is 0 Å². The van der Waals surface area contributed by atoms with E-state index in [1.807, 2.05) is 18.4 Å². The van der Waals surface area contributed by atoms with Crippen LogP contribution < -0.4 is 0 Å². The molecule has 0 saturated carbocycles. The van der Waals surface area contributed by atoms with Crippen molar-refractivity contribution in [2.24, 2.45) is 0 Å². The van der Waals surface area contributed by atoms with E-state index in [9.17, 15) is 15.0 Å². The van der Waals surface area contributed by atoms with Crippen LogP contribution >= 0.6 is 11.8 Å². The molecule has 18 heavy (non-hydrogen) atoms. The van der Waals surface area contributed by atoms with Gasteiger partial charge in [-0.05, 0) is 37.8 Å². The lowest BCUT2D eigenvalue weighted by atomic mass is 10.1. The van der Waals surface area contributed by atoms with Crippen LogP contribution in [0.15, 0.2) is 29.2 Å². The van der Waals surface area contributed by atoms with Gasteiger partial charge in [0.2, 0.25) is 0 Å². The summed E-state index contributed by atoms with van der Waals surface area (Å²) in [5.74, 6) is -1.06. The molecule has 3 atom stereocenters. The van der Waals surface area contributed by atoms with Gasteiger partial charge in [0.15, 0.2) is 6.10 Å². The Balaban J connectivity index is 2.87. The molecule has 0 aliphatic carbocycles. The second kappa shape index (κ2) is 6.78. The highest BCUT2D eigenvalue weighted by Gasteiger charge is 2.24. The predicted molar refractivity (Wildman–Crippen MR) is 70.8 cm³/mol. The number of carboxylic acids is 1. The average molecular weight is 270 g/mol. The quantitative estimate of drug-likeness (QED) is 0.777. The first kappa shape index (κ1) is 15.0. The van der Waals surface area contributed by atoms with E-state index in [1.165, 1.54) is 0 Å². The molecule has 0 spiro atoms.